The van der Waals surface area contributed by atoms with Crippen molar-refractivity contribution < 1.29 is 5.11 Å². The number of benzene rings is 1. The van der Waals surface area contributed by atoms with Gasteiger partial charge in [-0.2, -0.15) is 0 Å². The van der Waals surface area contributed by atoms with Gasteiger partial charge in [0.2, 0.25) is 0 Å². The Kier molecular flexibility index (Phi) is 2.25. The van der Waals surface area contributed by atoms with E-state index in [1.165, 1.54) is 0 Å². The van der Waals surface area contributed by atoms with Gasteiger partial charge in [-0.1, -0.05) is 26.0 Å². The highest BCUT2D eigenvalue weighted by atomic mass is 16.3. The average Bonchev–Trinajstić information content (AvgIpc) is 2.60. The van der Waals surface area contributed by atoms with Crippen molar-refractivity contribution in [3.05, 3.63) is 29.6 Å². The zero-order valence-electron chi connectivity index (χ0n) is 8.37. The third-order valence-electron chi connectivity index (χ3n) is 2.32. The maximum absolute atomic E-state index is 10.9. The molecule has 0 saturated heterocycles. The molecule has 1 radical (unpaired) electrons. The van der Waals surface area contributed by atoms with Crippen molar-refractivity contribution in [2.75, 3.05) is 0 Å². The van der Waals surface area contributed by atoms with Crippen molar-refractivity contribution >= 4 is 11.0 Å². The molecule has 73 valence electrons. The second-order valence-corrected chi connectivity index (χ2v) is 3.73. The molecule has 0 fully saturated rings. The number of hydrogen-bond acceptors (Lipinski definition) is 1. The Morgan fingerprint density at radius 3 is 2.86 bits per heavy atom. The first kappa shape index (κ1) is 9.21. The van der Waals surface area contributed by atoms with Crippen LogP contribution in [0.5, 0.6) is 0 Å². The van der Waals surface area contributed by atoms with Gasteiger partial charge in [-0.15, -0.1) is 0 Å². The second kappa shape index (κ2) is 3.42. The molecule has 0 bridgehead atoms. The van der Waals surface area contributed by atoms with Crippen molar-refractivity contribution in [1.29, 1.82) is 0 Å². The van der Waals surface area contributed by atoms with Gasteiger partial charge in [0.05, 0.1) is 11.0 Å². The predicted octanol–water partition coefficient (Wildman–Crippen LogP) is 2.62. The monoisotopic (exact) mass is 189 g/mol. The molecule has 3 heteroatoms. The molecule has 0 aliphatic carbocycles. The highest BCUT2D eigenvalue weighted by Gasteiger charge is 2.08. The van der Waals surface area contributed by atoms with Crippen LogP contribution in [0, 0.1) is 0 Å². The molecule has 0 aliphatic heterocycles. The number of nitrogens with one attached hydrogen (secondary N) is 1. The fraction of sp³-hybridized carbons (Fsp3) is 0.364. The molecule has 0 unspecified atom stereocenters. The third-order valence-corrected chi connectivity index (χ3v) is 2.32. The summed E-state index contributed by atoms with van der Waals surface area (Å²) in [7, 11) is 0. The van der Waals surface area contributed by atoms with Crippen LogP contribution in [-0.4, -0.2) is 9.97 Å². The third kappa shape index (κ3) is 1.40. The van der Waals surface area contributed by atoms with Gasteiger partial charge >= 0.3 is 0 Å². The maximum atomic E-state index is 10.9. The lowest BCUT2D eigenvalue weighted by atomic mass is 10.2. The Labute approximate surface area is 82.8 Å². The minimum Gasteiger partial charge on any atom is -0.342 e. The molecule has 0 saturated carbocycles. The summed E-state index contributed by atoms with van der Waals surface area (Å²) in [5.74, 6) is 1.31. The molecule has 1 N–H and O–H groups in total. The number of aromatic amines is 1. The lowest BCUT2D eigenvalue weighted by Gasteiger charge is -1.95. The average molecular weight is 189 g/mol. The predicted molar refractivity (Wildman–Crippen MR) is 54.6 cm³/mol. The zero-order valence-corrected chi connectivity index (χ0v) is 8.37. The molecule has 14 heavy (non-hydrogen) atoms. The lowest BCUT2D eigenvalue weighted by molar-refractivity contribution is 0.178. The van der Waals surface area contributed by atoms with Crippen LogP contribution in [-0.2, 0) is 11.7 Å². The van der Waals surface area contributed by atoms with E-state index in [0.29, 0.717) is 5.92 Å². The maximum Gasteiger partial charge on any atom is 0.109 e. The molecule has 1 aromatic carbocycles. The minimum atomic E-state index is -0.209. The van der Waals surface area contributed by atoms with Gasteiger partial charge in [-0.05, 0) is 6.07 Å². The molecule has 3 nitrogen and oxygen atoms in total. The van der Waals surface area contributed by atoms with Crippen LogP contribution in [0.25, 0.3) is 11.0 Å². The Morgan fingerprint density at radius 1 is 1.43 bits per heavy atom. The largest absolute Gasteiger partial charge is 0.342 e. The van der Waals surface area contributed by atoms with Gasteiger partial charge in [0.1, 0.15) is 12.4 Å². The summed E-state index contributed by atoms with van der Waals surface area (Å²) in [6, 6.07) is 5.67. The highest BCUT2D eigenvalue weighted by Crippen LogP contribution is 2.20. The minimum absolute atomic E-state index is 0.209. The smallest absolute Gasteiger partial charge is 0.109 e. The van der Waals surface area contributed by atoms with Gasteiger partial charge in [0.25, 0.3) is 0 Å². The molecule has 0 atom stereocenters. The van der Waals surface area contributed by atoms with E-state index in [1.807, 2.05) is 18.2 Å². The number of nitrogens with zero attached hydrogens (tertiary/aromatic N) is 1. The van der Waals surface area contributed by atoms with Crippen molar-refractivity contribution in [2.24, 2.45) is 0 Å². The Bertz CT molecular complexity index is 445. The number of H-pyrrole nitrogens is 1. The molecule has 2 rings (SSSR count). The number of rotatable bonds is 2. The Balaban J connectivity index is 2.64. The Hall–Kier alpha value is -1.35. The molecule has 1 aromatic heterocycles. The molecule has 0 spiro atoms. The molecule has 0 amide bonds. The van der Waals surface area contributed by atoms with Gasteiger partial charge in [0.15, 0.2) is 0 Å². The van der Waals surface area contributed by atoms with Crippen LogP contribution >= 0.6 is 0 Å². The summed E-state index contributed by atoms with van der Waals surface area (Å²) in [5.41, 5.74) is 2.55. The summed E-state index contributed by atoms with van der Waals surface area (Å²) < 4.78 is 0. The second-order valence-electron chi connectivity index (χ2n) is 3.73. The first-order valence-electron chi connectivity index (χ1n) is 4.78. The fourth-order valence-corrected chi connectivity index (χ4v) is 1.50. The van der Waals surface area contributed by atoms with Crippen molar-refractivity contribution in [1.82, 2.24) is 9.97 Å². The molecular weight excluding hydrogens is 176 g/mol. The summed E-state index contributed by atoms with van der Waals surface area (Å²) in [6.07, 6.45) is 0. The van der Waals surface area contributed by atoms with E-state index >= 15 is 0 Å². The van der Waals surface area contributed by atoms with Gasteiger partial charge < -0.3 is 4.98 Å². The van der Waals surface area contributed by atoms with Gasteiger partial charge in [-0.3, -0.25) is 0 Å². The molecule has 0 aliphatic rings. The molecule has 2 aromatic rings. The SMILES string of the molecule is CC(C)c1nc2c(C[O])cccc2[nH]1. The first-order chi connectivity index (χ1) is 6.72. The molecular formula is C11H13N2O. The number of hydrogen-bond donors (Lipinski definition) is 1. The van der Waals surface area contributed by atoms with E-state index < -0.39 is 0 Å². The zero-order chi connectivity index (χ0) is 10.1. The van der Waals surface area contributed by atoms with Crippen LogP contribution < -0.4 is 0 Å². The van der Waals surface area contributed by atoms with E-state index in [9.17, 15) is 5.11 Å². The number of imidazole rings is 1. The summed E-state index contributed by atoms with van der Waals surface area (Å²) >= 11 is 0. The normalized spacial score (nSPS) is 11.4. The quantitative estimate of drug-likeness (QED) is 0.775. The number of aromatic nitrogens is 2. The summed E-state index contributed by atoms with van der Waals surface area (Å²) in [5, 5.41) is 10.9. The van der Waals surface area contributed by atoms with Crippen molar-refractivity contribution in [3.63, 3.8) is 0 Å². The van der Waals surface area contributed by atoms with Crippen LogP contribution in [0.4, 0.5) is 0 Å². The lowest BCUT2D eigenvalue weighted by Crippen LogP contribution is -1.89. The van der Waals surface area contributed by atoms with E-state index in [4.69, 9.17) is 0 Å². The number of fused-ring (bicyclic) bond motifs is 1. The summed E-state index contributed by atoms with van der Waals surface area (Å²) in [6.45, 7) is 3.95. The van der Waals surface area contributed by atoms with Crippen LogP contribution in [0.3, 0.4) is 0 Å². The Morgan fingerprint density at radius 2 is 2.21 bits per heavy atom. The van der Waals surface area contributed by atoms with Crippen LogP contribution in [0.1, 0.15) is 31.2 Å². The van der Waals surface area contributed by atoms with Gasteiger partial charge in [-0.25, -0.2) is 10.1 Å². The first-order valence-corrected chi connectivity index (χ1v) is 4.78. The molecule has 1 heterocycles. The van der Waals surface area contributed by atoms with Crippen molar-refractivity contribution in [3.8, 4) is 0 Å². The van der Waals surface area contributed by atoms with E-state index in [-0.39, 0.29) is 6.61 Å². The van der Waals surface area contributed by atoms with Crippen molar-refractivity contribution in [2.45, 2.75) is 26.4 Å². The van der Waals surface area contributed by atoms with E-state index in [0.717, 1.165) is 22.4 Å². The van der Waals surface area contributed by atoms with Crippen LogP contribution in [0.2, 0.25) is 0 Å². The topological polar surface area (TPSA) is 48.6 Å². The van der Waals surface area contributed by atoms with E-state index in [2.05, 4.69) is 23.8 Å². The van der Waals surface area contributed by atoms with Crippen LogP contribution in [0.15, 0.2) is 18.2 Å². The van der Waals surface area contributed by atoms with E-state index in [1.54, 1.807) is 0 Å². The standard InChI is InChI=1S/C11H13N2O/c1-7(2)11-12-9-5-3-4-8(6-14)10(9)13-11/h3-5,7H,6H2,1-2H3,(H,12,13). The number of para-hydroxylation sites is 1. The highest BCUT2D eigenvalue weighted by molar-refractivity contribution is 5.78. The summed E-state index contributed by atoms with van der Waals surface area (Å²) in [4.78, 5) is 7.65. The van der Waals surface area contributed by atoms with Gasteiger partial charge in [0, 0.05) is 11.5 Å². The fourth-order valence-electron chi connectivity index (χ4n) is 1.50.